The molecule has 0 bridgehead atoms. The maximum absolute atomic E-state index is 11.4. The smallest absolute Gasteiger partial charge is 0.256 e. The Balaban J connectivity index is 2.31. The van der Waals surface area contributed by atoms with Gasteiger partial charge < -0.3 is 9.73 Å². The van der Waals surface area contributed by atoms with E-state index in [-0.39, 0.29) is 11.1 Å². The molecule has 0 saturated carbocycles. The summed E-state index contributed by atoms with van der Waals surface area (Å²) >= 11 is 5.62. The predicted octanol–water partition coefficient (Wildman–Crippen LogP) is 1.43. The van der Waals surface area contributed by atoms with Gasteiger partial charge in [-0.3, -0.25) is 9.00 Å². The van der Waals surface area contributed by atoms with Crippen LogP contribution in [0.25, 0.3) is 0 Å². The van der Waals surface area contributed by atoms with Gasteiger partial charge in [0.15, 0.2) is 0 Å². The molecule has 0 fully saturated rings. The molecule has 15 heavy (non-hydrogen) atoms. The zero-order valence-corrected chi connectivity index (χ0v) is 9.86. The lowest BCUT2D eigenvalue weighted by molar-refractivity contribution is 0.0953. The van der Waals surface area contributed by atoms with E-state index in [2.05, 4.69) is 5.32 Å². The van der Waals surface area contributed by atoms with Crippen molar-refractivity contribution in [2.45, 2.75) is 6.42 Å². The second-order valence-corrected chi connectivity index (χ2v) is 4.89. The van der Waals surface area contributed by atoms with Crippen LogP contribution >= 0.6 is 11.6 Å². The van der Waals surface area contributed by atoms with Crippen molar-refractivity contribution >= 4 is 28.3 Å². The molecule has 0 aliphatic heterocycles. The van der Waals surface area contributed by atoms with Crippen LogP contribution in [0, 0.1) is 0 Å². The number of nitrogens with one attached hydrogen (secondary N) is 1. The molecular formula is C9H12ClNO3S. The van der Waals surface area contributed by atoms with Crippen LogP contribution in [-0.2, 0) is 10.8 Å². The number of carbonyl (C=O) groups is 1. The van der Waals surface area contributed by atoms with Crippen LogP contribution in [0.5, 0.6) is 0 Å². The second-order valence-electron chi connectivity index (χ2n) is 2.99. The number of halogens is 1. The van der Waals surface area contributed by atoms with E-state index >= 15 is 0 Å². The van der Waals surface area contributed by atoms with Crippen LogP contribution in [0.2, 0.25) is 5.22 Å². The third-order valence-corrected chi connectivity index (χ3v) is 2.91. The van der Waals surface area contributed by atoms with Gasteiger partial charge in [-0.15, -0.1) is 0 Å². The summed E-state index contributed by atoms with van der Waals surface area (Å²) in [7, 11) is -0.817. The van der Waals surface area contributed by atoms with Crippen molar-refractivity contribution in [2.75, 3.05) is 18.6 Å². The van der Waals surface area contributed by atoms with Crippen LogP contribution < -0.4 is 5.32 Å². The SMILES string of the molecule is CS(=O)CCCNC(=O)c1ccoc1Cl. The van der Waals surface area contributed by atoms with Gasteiger partial charge in [0.05, 0.1) is 11.8 Å². The summed E-state index contributed by atoms with van der Waals surface area (Å²) in [4.78, 5) is 11.4. The minimum Gasteiger partial charge on any atom is -0.452 e. The standard InChI is InChI=1S/C9H12ClNO3S/c1-15(13)6-2-4-11-9(12)7-3-5-14-8(7)10/h3,5H,2,4,6H2,1H3,(H,11,12). The molecule has 6 heteroatoms. The summed E-state index contributed by atoms with van der Waals surface area (Å²) in [6.07, 6.45) is 3.68. The van der Waals surface area contributed by atoms with E-state index in [9.17, 15) is 9.00 Å². The number of hydrogen-bond donors (Lipinski definition) is 1. The Bertz CT molecular complexity index is 364. The molecule has 1 aromatic heterocycles. The first-order valence-electron chi connectivity index (χ1n) is 4.42. The van der Waals surface area contributed by atoms with Gasteiger partial charge in [-0.1, -0.05) is 0 Å². The highest BCUT2D eigenvalue weighted by Gasteiger charge is 2.11. The molecule has 1 heterocycles. The van der Waals surface area contributed by atoms with Gasteiger partial charge in [0.25, 0.3) is 5.91 Å². The van der Waals surface area contributed by atoms with E-state index in [1.165, 1.54) is 12.3 Å². The average Bonchev–Trinajstić information content (AvgIpc) is 2.58. The molecular weight excluding hydrogens is 238 g/mol. The molecule has 1 atom stereocenters. The summed E-state index contributed by atoms with van der Waals surface area (Å²) in [5.74, 6) is 0.315. The normalized spacial score (nSPS) is 12.4. The molecule has 1 unspecified atom stereocenters. The maximum atomic E-state index is 11.4. The molecule has 1 aromatic rings. The van der Waals surface area contributed by atoms with Crippen LogP contribution in [0.4, 0.5) is 0 Å². The third-order valence-electron chi connectivity index (χ3n) is 1.76. The summed E-state index contributed by atoms with van der Waals surface area (Å²) in [5.41, 5.74) is 0.328. The number of hydrogen-bond acceptors (Lipinski definition) is 3. The van der Waals surface area contributed by atoms with Crippen molar-refractivity contribution in [1.82, 2.24) is 5.32 Å². The molecule has 0 radical (unpaired) electrons. The van der Waals surface area contributed by atoms with E-state index < -0.39 is 10.8 Å². The molecule has 1 rings (SSSR count). The lowest BCUT2D eigenvalue weighted by atomic mass is 10.3. The van der Waals surface area contributed by atoms with E-state index in [4.69, 9.17) is 16.0 Å². The molecule has 0 aliphatic carbocycles. The van der Waals surface area contributed by atoms with Crippen molar-refractivity contribution in [3.05, 3.63) is 23.1 Å². The van der Waals surface area contributed by atoms with Crippen LogP contribution in [0.3, 0.4) is 0 Å². The Hall–Kier alpha value is -0.810. The highest BCUT2D eigenvalue weighted by Crippen LogP contribution is 2.15. The lowest BCUT2D eigenvalue weighted by Gasteiger charge is -2.02. The van der Waals surface area contributed by atoms with Crippen molar-refractivity contribution in [3.63, 3.8) is 0 Å². The van der Waals surface area contributed by atoms with Gasteiger partial charge in [-0.05, 0) is 24.1 Å². The summed E-state index contributed by atoms with van der Waals surface area (Å²) in [6.45, 7) is 0.486. The minimum atomic E-state index is -0.817. The van der Waals surface area contributed by atoms with Gasteiger partial charge in [0, 0.05) is 29.4 Å². The quantitative estimate of drug-likeness (QED) is 0.804. The second kappa shape index (κ2) is 5.92. The molecule has 0 spiro atoms. The van der Waals surface area contributed by atoms with Gasteiger partial charge >= 0.3 is 0 Å². The first kappa shape index (κ1) is 12.3. The molecule has 1 N–H and O–H groups in total. The molecule has 0 aliphatic rings. The van der Waals surface area contributed by atoms with Gasteiger partial charge in [0.1, 0.15) is 0 Å². The van der Waals surface area contributed by atoms with Gasteiger partial charge in [0.2, 0.25) is 5.22 Å². The zero-order valence-electron chi connectivity index (χ0n) is 8.29. The van der Waals surface area contributed by atoms with Gasteiger partial charge in [-0.25, -0.2) is 0 Å². The Labute approximate surface area is 95.4 Å². The Morgan fingerprint density at radius 3 is 2.93 bits per heavy atom. The highest BCUT2D eigenvalue weighted by molar-refractivity contribution is 7.84. The predicted molar refractivity (Wildman–Crippen MR) is 59.6 cm³/mol. The Morgan fingerprint density at radius 2 is 2.40 bits per heavy atom. The number of carbonyl (C=O) groups excluding carboxylic acids is 1. The number of furan rings is 1. The van der Waals surface area contributed by atoms with Crippen LogP contribution in [0.1, 0.15) is 16.8 Å². The van der Waals surface area contributed by atoms with Crippen LogP contribution in [-0.4, -0.2) is 28.7 Å². The average molecular weight is 250 g/mol. The molecule has 84 valence electrons. The third kappa shape index (κ3) is 4.05. The fourth-order valence-electron chi connectivity index (χ4n) is 1.03. The van der Waals surface area contributed by atoms with Crippen molar-refractivity contribution in [2.24, 2.45) is 0 Å². The minimum absolute atomic E-state index is 0.0894. The van der Waals surface area contributed by atoms with E-state index in [0.717, 1.165) is 0 Å². The molecule has 1 amide bonds. The summed E-state index contributed by atoms with van der Waals surface area (Å²) in [5, 5.41) is 2.75. The van der Waals surface area contributed by atoms with Crippen LogP contribution in [0.15, 0.2) is 16.7 Å². The fraction of sp³-hybridized carbons (Fsp3) is 0.444. The molecule has 0 aromatic carbocycles. The summed E-state index contributed by atoms with van der Waals surface area (Å²) in [6, 6.07) is 1.51. The van der Waals surface area contributed by atoms with E-state index in [0.29, 0.717) is 24.3 Å². The molecule has 4 nitrogen and oxygen atoms in total. The lowest BCUT2D eigenvalue weighted by Crippen LogP contribution is -2.25. The van der Waals surface area contributed by atoms with Crippen molar-refractivity contribution in [1.29, 1.82) is 0 Å². The Morgan fingerprint density at radius 1 is 1.67 bits per heavy atom. The Kier molecular flexibility index (Phi) is 4.84. The van der Waals surface area contributed by atoms with Gasteiger partial charge in [-0.2, -0.15) is 0 Å². The largest absolute Gasteiger partial charge is 0.452 e. The molecule has 0 saturated heterocycles. The first-order valence-corrected chi connectivity index (χ1v) is 6.53. The zero-order chi connectivity index (χ0) is 11.3. The van der Waals surface area contributed by atoms with E-state index in [1.54, 1.807) is 6.26 Å². The fourth-order valence-corrected chi connectivity index (χ4v) is 1.78. The van der Waals surface area contributed by atoms with E-state index in [1.807, 2.05) is 0 Å². The first-order chi connectivity index (χ1) is 7.11. The van der Waals surface area contributed by atoms with Crippen molar-refractivity contribution < 1.29 is 13.4 Å². The summed E-state index contributed by atoms with van der Waals surface area (Å²) < 4.78 is 15.5. The number of rotatable bonds is 5. The monoisotopic (exact) mass is 249 g/mol. The number of amides is 1. The van der Waals surface area contributed by atoms with Crippen molar-refractivity contribution in [3.8, 4) is 0 Å². The highest BCUT2D eigenvalue weighted by atomic mass is 35.5. The maximum Gasteiger partial charge on any atom is 0.256 e. The topological polar surface area (TPSA) is 59.3 Å².